The minimum atomic E-state index is -4.72. The number of carbonyl (C=O) groups excluding carboxylic acids is 2. The van der Waals surface area contributed by atoms with Crippen molar-refractivity contribution in [1.29, 1.82) is 0 Å². The van der Waals surface area contributed by atoms with Gasteiger partial charge in [-0.05, 0) is 38.5 Å². The van der Waals surface area contributed by atoms with E-state index < -0.39 is 51.1 Å². The lowest BCUT2D eigenvalue weighted by molar-refractivity contribution is -0.161. The number of hydrogen-bond acceptors (Lipinski definition) is 9. The molecule has 0 amide bonds. The van der Waals surface area contributed by atoms with Crippen LogP contribution >= 0.6 is 7.82 Å². The average molecular weight is 972 g/mol. The van der Waals surface area contributed by atoms with Crippen LogP contribution in [0.5, 0.6) is 0 Å². The van der Waals surface area contributed by atoms with Crippen molar-refractivity contribution in [2.24, 2.45) is 5.73 Å². The second-order valence-corrected chi connectivity index (χ2v) is 20.9. The molecule has 396 valence electrons. The van der Waals surface area contributed by atoms with E-state index in [4.69, 9.17) is 29.4 Å². The SMILES string of the molecule is CCCCCCCC/C=C\CCCCCCCCCCCC(=O)OC(COC(=O)CCCCCCCCCCCCCCCCCCCCCCCCCC)COP(=O)(O)OCC(N)C(=O)O. The summed E-state index contributed by atoms with van der Waals surface area (Å²) in [6.45, 7) is 2.87. The third-order valence-electron chi connectivity index (χ3n) is 12.8. The van der Waals surface area contributed by atoms with Crippen LogP contribution in [0.4, 0.5) is 0 Å². The van der Waals surface area contributed by atoms with Gasteiger partial charge in [-0.15, -0.1) is 0 Å². The molecule has 4 N–H and O–H groups in total. The molecule has 12 heteroatoms. The van der Waals surface area contributed by atoms with Crippen LogP contribution in [-0.2, 0) is 37.5 Å². The number of esters is 2. The fourth-order valence-corrected chi connectivity index (χ4v) is 9.14. The van der Waals surface area contributed by atoms with Gasteiger partial charge in [-0.1, -0.05) is 251 Å². The van der Waals surface area contributed by atoms with Crippen LogP contribution in [0.2, 0.25) is 0 Å². The van der Waals surface area contributed by atoms with E-state index in [1.807, 2.05) is 0 Å². The van der Waals surface area contributed by atoms with E-state index >= 15 is 0 Å². The number of phosphoric acid groups is 1. The van der Waals surface area contributed by atoms with Crippen LogP contribution in [-0.4, -0.2) is 59.9 Å². The number of allylic oxidation sites excluding steroid dienone is 2. The first-order chi connectivity index (χ1) is 32.6. The van der Waals surface area contributed by atoms with Crippen LogP contribution in [0, 0.1) is 0 Å². The first kappa shape index (κ1) is 65.2. The number of carboxylic acids is 1. The van der Waals surface area contributed by atoms with Gasteiger partial charge in [-0.3, -0.25) is 23.4 Å². The smallest absolute Gasteiger partial charge is 0.472 e. The highest BCUT2D eigenvalue weighted by atomic mass is 31.2. The zero-order chi connectivity index (χ0) is 49.2. The summed E-state index contributed by atoms with van der Waals surface area (Å²) in [6.07, 6.45) is 55.7. The summed E-state index contributed by atoms with van der Waals surface area (Å²) in [6, 6.07) is -1.52. The van der Waals surface area contributed by atoms with Crippen molar-refractivity contribution in [1.82, 2.24) is 0 Å². The van der Waals surface area contributed by atoms with Gasteiger partial charge in [-0.25, -0.2) is 4.57 Å². The summed E-state index contributed by atoms with van der Waals surface area (Å²) >= 11 is 0. The normalized spacial score (nSPS) is 13.5. The van der Waals surface area contributed by atoms with Crippen LogP contribution < -0.4 is 5.73 Å². The lowest BCUT2D eigenvalue weighted by Crippen LogP contribution is -2.34. The van der Waals surface area contributed by atoms with Gasteiger partial charge in [0.05, 0.1) is 13.2 Å². The largest absolute Gasteiger partial charge is 0.480 e. The van der Waals surface area contributed by atoms with Gasteiger partial charge in [-0.2, -0.15) is 0 Å². The Morgan fingerprint density at radius 1 is 0.448 bits per heavy atom. The van der Waals surface area contributed by atoms with Gasteiger partial charge in [0.1, 0.15) is 12.6 Å². The highest BCUT2D eigenvalue weighted by Gasteiger charge is 2.28. The maximum Gasteiger partial charge on any atom is 0.472 e. The topological polar surface area (TPSA) is 172 Å². The fraction of sp³-hybridized carbons (Fsp3) is 0.909. The molecule has 0 radical (unpaired) electrons. The van der Waals surface area contributed by atoms with Crippen LogP contribution in [0.25, 0.3) is 0 Å². The first-order valence-corrected chi connectivity index (χ1v) is 29.7. The highest BCUT2D eigenvalue weighted by molar-refractivity contribution is 7.47. The van der Waals surface area contributed by atoms with E-state index in [-0.39, 0.29) is 19.4 Å². The predicted octanol–water partition coefficient (Wildman–Crippen LogP) is 16.4. The molecule has 0 saturated heterocycles. The molecule has 0 aliphatic heterocycles. The molecule has 67 heavy (non-hydrogen) atoms. The lowest BCUT2D eigenvalue weighted by atomic mass is 10.0. The minimum absolute atomic E-state index is 0.164. The highest BCUT2D eigenvalue weighted by Crippen LogP contribution is 2.43. The Morgan fingerprint density at radius 2 is 0.746 bits per heavy atom. The molecule has 0 aliphatic carbocycles. The lowest BCUT2D eigenvalue weighted by Gasteiger charge is -2.20. The summed E-state index contributed by atoms with van der Waals surface area (Å²) in [5.74, 6) is -2.36. The summed E-state index contributed by atoms with van der Waals surface area (Å²) in [7, 11) is -4.72. The number of hydrogen-bond donors (Lipinski definition) is 3. The van der Waals surface area contributed by atoms with Gasteiger partial charge < -0.3 is 25.2 Å². The third-order valence-corrected chi connectivity index (χ3v) is 13.7. The van der Waals surface area contributed by atoms with Crippen molar-refractivity contribution in [3.05, 3.63) is 12.2 Å². The van der Waals surface area contributed by atoms with Crippen LogP contribution in [0.15, 0.2) is 12.2 Å². The van der Waals surface area contributed by atoms with Crippen molar-refractivity contribution in [2.45, 2.75) is 302 Å². The summed E-state index contributed by atoms with van der Waals surface area (Å²) < 4.78 is 32.9. The molecule has 0 fully saturated rings. The Morgan fingerprint density at radius 3 is 1.09 bits per heavy atom. The molecule has 0 aromatic carbocycles. The standard InChI is InChI=1S/C55H106NO10P/c1-3-5-7-9-11-13-15-17-19-21-23-24-25-26-27-29-30-32-34-36-38-40-42-44-46-53(57)63-48-51(49-64-67(61,62)65-50-52(56)55(59)60)66-54(58)47-45-43-41-39-37-35-33-31-28-22-20-18-16-14-12-10-8-6-4-2/h18,20,51-52H,3-17,19,21-50,56H2,1-2H3,(H,59,60)(H,61,62)/b20-18-. The zero-order valence-electron chi connectivity index (χ0n) is 43.5. The molecule has 11 nitrogen and oxygen atoms in total. The van der Waals surface area contributed by atoms with Gasteiger partial charge >= 0.3 is 25.7 Å². The van der Waals surface area contributed by atoms with E-state index in [0.29, 0.717) is 12.8 Å². The van der Waals surface area contributed by atoms with Gasteiger partial charge in [0, 0.05) is 12.8 Å². The Kier molecular flexibility index (Phi) is 49.3. The summed E-state index contributed by atoms with van der Waals surface area (Å²) in [4.78, 5) is 46.3. The number of ether oxygens (including phenoxy) is 2. The Hall–Kier alpha value is -1.78. The number of phosphoric ester groups is 1. The Labute approximate surface area is 411 Å². The molecule has 0 rings (SSSR count). The maximum atomic E-state index is 12.7. The van der Waals surface area contributed by atoms with E-state index in [2.05, 4.69) is 26.0 Å². The molecule has 0 spiro atoms. The number of aliphatic carboxylic acids is 1. The molecule has 0 aromatic rings. The quantitative estimate of drug-likeness (QED) is 0.0229. The van der Waals surface area contributed by atoms with E-state index in [1.165, 1.54) is 212 Å². The van der Waals surface area contributed by atoms with Gasteiger partial charge in [0.25, 0.3) is 0 Å². The summed E-state index contributed by atoms with van der Waals surface area (Å²) in [5, 5.41) is 8.94. The second-order valence-electron chi connectivity index (χ2n) is 19.4. The molecule has 0 bridgehead atoms. The molecular formula is C55H106NO10P. The second kappa shape index (κ2) is 50.6. The number of carbonyl (C=O) groups is 3. The molecule has 0 saturated carbocycles. The minimum Gasteiger partial charge on any atom is -0.480 e. The average Bonchev–Trinajstić information content (AvgIpc) is 3.31. The molecule has 0 aliphatic rings. The Bertz CT molecular complexity index is 1190. The third kappa shape index (κ3) is 50.4. The molecular weight excluding hydrogens is 866 g/mol. The van der Waals surface area contributed by atoms with Crippen molar-refractivity contribution in [3.63, 3.8) is 0 Å². The molecule has 3 atom stereocenters. The van der Waals surface area contributed by atoms with E-state index in [1.54, 1.807) is 0 Å². The van der Waals surface area contributed by atoms with Crippen molar-refractivity contribution >= 4 is 25.7 Å². The number of unbranched alkanes of at least 4 members (excludes halogenated alkanes) is 38. The molecule has 3 unspecified atom stereocenters. The monoisotopic (exact) mass is 972 g/mol. The van der Waals surface area contributed by atoms with Crippen molar-refractivity contribution in [2.75, 3.05) is 19.8 Å². The Balaban J connectivity index is 4.12. The van der Waals surface area contributed by atoms with Gasteiger partial charge in [0.2, 0.25) is 0 Å². The molecule has 0 heterocycles. The predicted molar refractivity (Wildman–Crippen MR) is 277 cm³/mol. The fourth-order valence-electron chi connectivity index (χ4n) is 8.36. The number of rotatable bonds is 54. The van der Waals surface area contributed by atoms with Crippen LogP contribution in [0.3, 0.4) is 0 Å². The van der Waals surface area contributed by atoms with Gasteiger partial charge in [0.15, 0.2) is 6.10 Å². The maximum absolute atomic E-state index is 12.7. The van der Waals surface area contributed by atoms with E-state index in [9.17, 15) is 23.8 Å². The molecule has 0 aromatic heterocycles. The van der Waals surface area contributed by atoms with E-state index in [0.717, 1.165) is 38.5 Å². The van der Waals surface area contributed by atoms with Crippen molar-refractivity contribution < 1.29 is 47.5 Å². The zero-order valence-corrected chi connectivity index (χ0v) is 44.4. The summed E-state index contributed by atoms with van der Waals surface area (Å²) in [5.41, 5.74) is 5.36. The van der Waals surface area contributed by atoms with Crippen LogP contribution in [0.1, 0.15) is 290 Å². The number of nitrogens with two attached hydrogens (primary N) is 1. The first-order valence-electron chi connectivity index (χ1n) is 28.2. The number of carboxylic acid groups (broad SMARTS) is 1. The van der Waals surface area contributed by atoms with Crippen molar-refractivity contribution in [3.8, 4) is 0 Å².